The summed E-state index contributed by atoms with van der Waals surface area (Å²) in [5.41, 5.74) is 4.98. The molecular formula is C19H26N4O2S. The SMILES string of the molecule is Cc1cc(C)cc(CN2Cc3ccnn3C(CNS(=O)(=O)C3CC3)C2)c1. The summed E-state index contributed by atoms with van der Waals surface area (Å²) in [6, 6.07) is 8.68. The van der Waals surface area contributed by atoms with Gasteiger partial charge >= 0.3 is 0 Å². The van der Waals surface area contributed by atoms with Gasteiger partial charge in [-0.1, -0.05) is 29.3 Å². The number of hydrogen-bond acceptors (Lipinski definition) is 4. The van der Waals surface area contributed by atoms with Crippen molar-refractivity contribution in [1.29, 1.82) is 0 Å². The molecule has 2 aliphatic rings. The minimum atomic E-state index is -3.17. The van der Waals surface area contributed by atoms with Gasteiger partial charge in [-0.25, -0.2) is 13.1 Å². The molecule has 6 nitrogen and oxygen atoms in total. The van der Waals surface area contributed by atoms with Gasteiger partial charge in [-0.15, -0.1) is 0 Å². The first-order valence-corrected chi connectivity index (χ1v) is 10.8. The van der Waals surface area contributed by atoms with Gasteiger partial charge < -0.3 is 0 Å². The van der Waals surface area contributed by atoms with Gasteiger partial charge in [0, 0.05) is 32.4 Å². The van der Waals surface area contributed by atoms with Gasteiger partial charge in [-0.05, 0) is 38.3 Å². The van der Waals surface area contributed by atoms with Crippen molar-refractivity contribution in [2.75, 3.05) is 13.1 Å². The van der Waals surface area contributed by atoms with Crippen molar-refractivity contribution in [2.24, 2.45) is 0 Å². The van der Waals surface area contributed by atoms with E-state index in [0.717, 1.165) is 38.2 Å². The van der Waals surface area contributed by atoms with E-state index in [1.807, 2.05) is 10.7 Å². The van der Waals surface area contributed by atoms with Crippen LogP contribution in [0.1, 0.15) is 41.3 Å². The van der Waals surface area contributed by atoms with Crippen molar-refractivity contribution in [1.82, 2.24) is 19.4 Å². The molecule has 0 spiro atoms. The van der Waals surface area contributed by atoms with E-state index in [1.54, 1.807) is 6.20 Å². The Morgan fingerprint density at radius 3 is 2.62 bits per heavy atom. The van der Waals surface area contributed by atoms with Gasteiger partial charge in [0.1, 0.15) is 0 Å². The maximum atomic E-state index is 12.2. The van der Waals surface area contributed by atoms with E-state index in [0.29, 0.717) is 6.54 Å². The first-order chi connectivity index (χ1) is 12.4. The average molecular weight is 375 g/mol. The number of nitrogens with zero attached hydrogens (tertiary/aromatic N) is 3. The van der Waals surface area contributed by atoms with Crippen LogP contribution in [0.3, 0.4) is 0 Å². The summed E-state index contributed by atoms with van der Waals surface area (Å²) in [6.45, 7) is 7.12. The van der Waals surface area contributed by atoms with Crippen molar-refractivity contribution in [3.8, 4) is 0 Å². The van der Waals surface area contributed by atoms with E-state index >= 15 is 0 Å². The van der Waals surface area contributed by atoms with Crippen LogP contribution in [0.5, 0.6) is 0 Å². The fourth-order valence-electron chi connectivity index (χ4n) is 3.86. The number of aromatic nitrogens is 2. The minimum absolute atomic E-state index is 0.0215. The van der Waals surface area contributed by atoms with Gasteiger partial charge in [0.05, 0.1) is 17.0 Å². The lowest BCUT2D eigenvalue weighted by atomic mass is 10.1. The predicted octanol–water partition coefficient (Wildman–Crippen LogP) is 2.14. The Labute approximate surface area is 155 Å². The molecule has 1 aliphatic heterocycles. The zero-order valence-corrected chi connectivity index (χ0v) is 16.2. The molecule has 0 amide bonds. The van der Waals surface area contributed by atoms with Crippen molar-refractivity contribution in [3.63, 3.8) is 0 Å². The lowest BCUT2D eigenvalue weighted by Gasteiger charge is -2.34. The van der Waals surface area contributed by atoms with Crippen LogP contribution in [0.25, 0.3) is 0 Å². The summed E-state index contributed by atoms with van der Waals surface area (Å²) in [5.74, 6) is 0. The minimum Gasteiger partial charge on any atom is -0.291 e. The number of hydrogen-bond donors (Lipinski definition) is 1. The monoisotopic (exact) mass is 374 g/mol. The molecule has 1 fully saturated rings. The van der Waals surface area contributed by atoms with Gasteiger partial charge in [0.25, 0.3) is 0 Å². The zero-order valence-electron chi connectivity index (χ0n) is 15.4. The topological polar surface area (TPSA) is 67.2 Å². The standard InChI is InChI=1S/C19H26N4O2S/c1-14-7-15(2)9-16(8-14)11-22-12-17-5-6-20-23(17)18(13-22)10-21-26(24,25)19-3-4-19/h5-9,18-19,21H,3-4,10-13H2,1-2H3. The molecule has 2 heterocycles. The first-order valence-electron chi connectivity index (χ1n) is 9.21. The van der Waals surface area contributed by atoms with Crippen LogP contribution >= 0.6 is 0 Å². The van der Waals surface area contributed by atoms with E-state index in [9.17, 15) is 8.42 Å². The van der Waals surface area contributed by atoms with Crippen LogP contribution in [0.15, 0.2) is 30.5 Å². The molecule has 0 bridgehead atoms. The Morgan fingerprint density at radius 1 is 1.19 bits per heavy atom. The normalized spacial score (nSPS) is 20.9. The van der Waals surface area contributed by atoms with Crippen molar-refractivity contribution in [3.05, 3.63) is 52.8 Å². The zero-order chi connectivity index (χ0) is 18.3. The second kappa shape index (κ2) is 6.79. The quantitative estimate of drug-likeness (QED) is 0.841. The second-order valence-electron chi connectivity index (χ2n) is 7.68. The second-order valence-corrected chi connectivity index (χ2v) is 9.72. The third-order valence-corrected chi connectivity index (χ3v) is 7.04. The molecule has 1 saturated carbocycles. The van der Waals surface area contributed by atoms with Crippen LogP contribution in [-0.4, -0.2) is 41.4 Å². The number of nitrogens with one attached hydrogen (secondary N) is 1. The number of benzene rings is 1. The van der Waals surface area contributed by atoms with Crippen LogP contribution < -0.4 is 4.72 Å². The molecule has 1 atom stereocenters. The molecule has 1 aromatic carbocycles. The maximum absolute atomic E-state index is 12.2. The summed E-state index contributed by atoms with van der Waals surface area (Å²) in [4.78, 5) is 2.38. The van der Waals surface area contributed by atoms with Gasteiger partial charge in [-0.3, -0.25) is 9.58 Å². The molecule has 7 heteroatoms. The molecule has 140 valence electrons. The molecule has 1 aromatic heterocycles. The summed E-state index contributed by atoms with van der Waals surface area (Å²) >= 11 is 0. The molecule has 0 saturated heterocycles. The lowest BCUT2D eigenvalue weighted by Crippen LogP contribution is -2.43. The summed E-state index contributed by atoms with van der Waals surface area (Å²) in [6.07, 6.45) is 3.37. The lowest BCUT2D eigenvalue weighted by molar-refractivity contribution is 0.168. The van der Waals surface area contributed by atoms with Gasteiger partial charge in [0.2, 0.25) is 10.0 Å². The highest BCUT2D eigenvalue weighted by molar-refractivity contribution is 7.90. The highest BCUT2D eigenvalue weighted by Crippen LogP contribution is 2.28. The Bertz CT molecular complexity index is 882. The van der Waals surface area contributed by atoms with E-state index in [4.69, 9.17) is 0 Å². The van der Waals surface area contributed by atoms with Crippen LogP contribution in [0.2, 0.25) is 0 Å². The maximum Gasteiger partial charge on any atom is 0.214 e. The Kier molecular flexibility index (Phi) is 4.62. The fraction of sp³-hybridized carbons (Fsp3) is 0.526. The summed E-state index contributed by atoms with van der Waals surface area (Å²) < 4.78 is 29.1. The Hall–Kier alpha value is -1.70. The van der Waals surface area contributed by atoms with E-state index in [1.165, 1.54) is 16.7 Å². The predicted molar refractivity (Wildman–Crippen MR) is 101 cm³/mol. The highest BCUT2D eigenvalue weighted by Gasteiger charge is 2.36. The number of sulfonamides is 1. The average Bonchev–Trinajstić information content (AvgIpc) is 3.32. The largest absolute Gasteiger partial charge is 0.291 e. The molecule has 1 unspecified atom stereocenters. The molecule has 2 aromatic rings. The number of fused-ring (bicyclic) bond motifs is 1. The molecule has 26 heavy (non-hydrogen) atoms. The molecule has 1 aliphatic carbocycles. The molecule has 0 radical (unpaired) electrons. The first kappa shape index (κ1) is 17.7. The van der Waals surface area contributed by atoms with Gasteiger partial charge in [0.15, 0.2) is 0 Å². The molecule has 1 N–H and O–H groups in total. The fourth-order valence-corrected chi connectivity index (χ4v) is 5.28. The van der Waals surface area contributed by atoms with Gasteiger partial charge in [-0.2, -0.15) is 5.10 Å². The third kappa shape index (κ3) is 3.84. The van der Waals surface area contributed by atoms with E-state index < -0.39 is 10.0 Å². The summed E-state index contributed by atoms with van der Waals surface area (Å²) in [5, 5.41) is 4.24. The van der Waals surface area contributed by atoms with Crippen molar-refractivity contribution >= 4 is 10.0 Å². The van der Waals surface area contributed by atoms with Crippen LogP contribution in [-0.2, 0) is 23.1 Å². The number of rotatable bonds is 6. The Morgan fingerprint density at radius 2 is 1.92 bits per heavy atom. The summed E-state index contributed by atoms with van der Waals surface area (Å²) in [7, 11) is -3.17. The highest BCUT2D eigenvalue weighted by atomic mass is 32.2. The van der Waals surface area contributed by atoms with Crippen LogP contribution in [0, 0.1) is 13.8 Å². The molecule has 4 rings (SSSR count). The molecular weight excluding hydrogens is 348 g/mol. The van der Waals surface area contributed by atoms with Crippen LogP contribution in [0.4, 0.5) is 0 Å². The Balaban J connectivity index is 1.48. The van der Waals surface area contributed by atoms with E-state index in [-0.39, 0.29) is 11.3 Å². The third-order valence-electron chi connectivity index (χ3n) is 5.12. The number of aryl methyl sites for hydroxylation is 2. The van der Waals surface area contributed by atoms with Crippen molar-refractivity contribution in [2.45, 2.75) is 51.1 Å². The smallest absolute Gasteiger partial charge is 0.214 e. The van der Waals surface area contributed by atoms with Crippen molar-refractivity contribution < 1.29 is 8.42 Å². The van der Waals surface area contributed by atoms with E-state index in [2.05, 4.69) is 46.8 Å².